The van der Waals surface area contributed by atoms with E-state index in [1.165, 1.54) is 0 Å². The summed E-state index contributed by atoms with van der Waals surface area (Å²) in [6, 6.07) is 0.781. The van der Waals surface area contributed by atoms with Gasteiger partial charge in [0, 0.05) is 12.1 Å². The molecular formula is C15H25NO. The third kappa shape index (κ3) is 3.72. The molecule has 0 aliphatic carbocycles. The minimum Gasteiger partial charge on any atom is -0.334 e. The van der Waals surface area contributed by atoms with Gasteiger partial charge in [0.15, 0.2) is 0 Å². The maximum absolute atomic E-state index is 12.1. The number of amides is 1. The van der Waals surface area contributed by atoms with Crippen molar-refractivity contribution in [3.63, 3.8) is 0 Å². The van der Waals surface area contributed by atoms with Crippen molar-refractivity contribution >= 4 is 5.91 Å². The molecule has 1 amide bonds. The summed E-state index contributed by atoms with van der Waals surface area (Å²) in [7, 11) is 0. The summed E-state index contributed by atoms with van der Waals surface area (Å²) in [4.78, 5) is 14.1. The van der Waals surface area contributed by atoms with Crippen LogP contribution in [0.25, 0.3) is 0 Å². The normalized spacial score (nSPS) is 26.4. The van der Waals surface area contributed by atoms with Gasteiger partial charge in [0.25, 0.3) is 0 Å². The largest absolute Gasteiger partial charge is 0.334 e. The lowest BCUT2D eigenvalue weighted by Crippen LogP contribution is -2.37. The van der Waals surface area contributed by atoms with Gasteiger partial charge < -0.3 is 4.90 Å². The average molecular weight is 235 g/mol. The Kier molecular flexibility index (Phi) is 5.46. The summed E-state index contributed by atoms with van der Waals surface area (Å²) in [5.41, 5.74) is 0. The first-order valence-electron chi connectivity index (χ1n) is 6.71. The molecule has 0 spiro atoms. The molecule has 1 aliphatic heterocycles. The van der Waals surface area contributed by atoms with Crippen LogP contribution in [-0.4, -0.2) is 22.9 Å². The number of rotatable bonds is 5. The van der Waals surface area contributed by atoms with Crippen LogP contribution in [-0.2, 0) is 4.79 Å². The second kappa shape index (κ2) is 6.63. The fourth-order valence-corrected chi connectivity index (χ4v) is 2.53. The van der Waals surface area contributed by atoms with E-state index < -0.39 is 0 Å². The van der Waals surface area contributed by atoms with Crippen molar-refractivity contribution in [1.29, 1.82) is 0 Å². The Labute approximate surface area is 105 Å². The van der Waals surface area contributed by atoms with Crippen LogP contribution in [0.5, 0.6) is 0 Å². The van der Waals surface area contributed by atoms with Gasteiger partial charge in [0.2, 0.25) is 5.91 Å². The predicted molar refractivity (Wildman–Crippen MR) is 72.7 cm³/mol. The number of likely N-dealkylation sites (tertiary alicyclic amines) is 1. The zero-order valence-corrected chi connectivity index (χ0v) is 11.4. The van der Waals surface area contributed by atoms with Gasteiger partial charge in [-0.2, -0.15) is 0 Å². The molecule has 0 saturated carbocycles. The van der Waals surface area contributed by atoms with Gasteiger partial charge in [-0.15, -0.1) is 6.58 Å². The van der Waals surface area contributed by atoms with Crippen LogP contribution in [0.2, 0.25) is 0 Å². The monoisotopic (exact) mass is 235 g/mol. The van der Waals surface area contributed by atoms with Crippen LogP contribution in [0.4, 0.5) is 0 Å². The first kappa shape index (κ1) is 14.0. The van der Waals surface area contributed by atoms with E-state index in [1.54, 1.807) is 6.08 Å². The number of allylic oxidation sites excluding steroid dienone is 2. The van der Waals surface area contributed by atoms with Crippen LogP contribution in [0, 0.1) is 5.92 Å². The van der Waals surface area contributed by atoms with Gasteiger partial charge in [-0.05, 0) is 51.5 Å². The highest BCUT2D eigenvalue weighted by Gasteiger charge is 2.29. The van der Waals surface area contributed by atoms with Crippen LogP contribution in [0.3, 0.4) is 0 Å². The third-order valence-corrected chi connectivity index (χ3v) is 3.71. The molecule has 0 N–H and O–H groups in total. The second-order valence-electron chi connectivity index (χ2n) is 5.07. The van der Waals surface area contributed by atoms with Crippen LogP contribution in [0.15, 0.2) is 24.8 Å². The Bertz CT molecular complexity index is 285. The van der Waals surface area contributed by atoms with E-state index in [9.17, 15) is 4.79 Å². The maximum Gasteiger partial charge on any atom is 0.246 e. The van der Waals surface area contributed by atoms with Crippen LogP contribution < -0.4 is 0 Å². The molecule has 0 bridgehead atoms. The lowest BCUT2D eigenvalue weighted by molar-refractivity contribution is -0.128. The van der Waals surface area contributed by atoms with E-state index in [2.05, 4.69) is 27.4 Å². The van der Waals surface area contributed by atoms with Gasteiger partial charge in [0.1, 0.15) is 0 Å². The maximum atomic E-state index is 12.1. The number of nitrogens with zero attached hydrogens (tertiary/aromatic N) is 1. The smallest absolute Gasteiger partial charge is 0.246 e. The molecule has 1 rings (SSSR count). The highest BCUT2D eigenvalue weighted by Crippen LogP contribution is 2.23. The lowest BCUT2D eigenvalue weighted by Gasteiger charge is -2.25. The van der Waals surface area contributed by atoms with E-state index in [-0.39, 0.29) is 5.91 Å². The summed E-state index contributed by atoms with van der Waals surface area (Å²) in [5.74, 6) is 0.620. The van der Waals surface area contributed by atoms with Gasteiger partial charge in [-0.25, -0.2) is 0 Å². The number of carbonyl (C=O) groups is 1. The first-order chi connectivity index (χ1) is 8.10. The molecule has 2 nitrogen and oxygen atoms in total. The molecule has 0 aromatic heterocycles. The van der Waals surface area contributed by atoms with Crippen molar-refractivity contribution in [2.45, 2.75) is 58.5 Å². The Hall–Kier alpha value is -1.05. The molecule has 0 aromatic rings. The van der Waals surface area contributed by atoms with E-state index in [0.29, 0.717) is 18.0 Å². The molecule has 1 heterocycles. The predicted octanol–water partition coefficient (Wildman–Crippen LogP) is 3.54. The van der Waals surface area contributed by atoms with Crippen molar-refractivity contribution in [2.24, 2.45) is 5.92 Å². The fraction of sp³-hybridized carbons (Fsp3) is 0.667. The minimum absolute atomic E-state index is 0.171. The van der Waals surface area contributed by atoms with Gasteiger partial charge in [0.05, 0.1) is 0 Å². The second-order valence-corrected chi connectivity index (χ2v) is 5.07. The summed E-state index contributed by atoms with van der Waals surface area (Å²) in [5, 5.41) is 0. The topological polar surface area (TPSA) is 20.3 Å². The highest BCUT2D eigenvalue weighted by molar-refractivity contribution is 5.88. The highest BCUT2D eigenvalue weighted by atomic mass is 16.2. The summed E-state index contributed by atoms with van der Waals surface area (Å²) >= 11 is 0. The Balaban J connectivity index is 2.58. The molecule has 2 heteroatoms. The quantitative estimate of drug-likeness (QED) is 0.527. The molecule has 0 aromatic carbocycles. The number of hydrogen-bond donors (Lipinski definition) is 0. The zero-order valence-electron chi connectivity index (χ0n) is 11.4. The van der Waals surface area contributed by atoms with E-state index in [0.717, 1.165) is 25.7 Å². The number of carbonyl (C=O) groups excluding carboxylic acids is 1. The van der Waals surface area contributed by atoms with Crippen molar-refractivity contribution in [2.75, 3.05) is 0 Å². The standard InChI is InChI=1S/C15H25NO/c1-5-7-14(6-2)10-11-15(17)16-12(3)8-9-13(16)4/h5,10-14H,1,6-9H2,2-4H3/b11-10+/t12-,13-,14?/m1/s1. The third-order valence-electron chi connectivity index (χ3n) is 3.71. The van der Waals surface area contributed by atoms with Crippen molar-refractivity contribution in [3.05, 3.63) is 24.8 Å². The number of hydrogen-bond acceptors (Lipinski definition) is 1. The minimum atomic E-state index is 0.171. The Morgan fingerprint density at radius 1 is 1.41 bits per heavy atom. The Morgan fingerprint density at radius 3 is 2.47 bits per heavy atom. The summed E-state index contributed by atoms with van der Waals surface area (Å²) in [6.07, 6.45) is 9.99. The van der Waals surface area contributed by atoms with E-state index in [1.807, 2.05) is 17.1 Å². The molecular weight excluding hydrogens is 210 g/mol. The SMILES string of the molecule is C=CCC(/C=C/C(=O)N1[C@H](C)CC[C@H]1C)CC. The van der Waals surface area contributed by atoms with E-state index >= 15 is 0 Å². The van der Waals surface area contributed by atoms with Crippen LogP contribution >= 0.6 is 0 Å². The van der Waals surface area contributed by atoms with Gasteiger partial charge >= 0.3 is 0 Å². The molecule has 1 fully saturated rings. The molecule has 1 saturated heterocycles. The average Bonchev–Trinajstić information content (AvgIpc) is 2.64. The molecule has 96 valence electrons. The van der Waals surface area contributed by atoms with Crippen molar-refractivity contribution in [1.82, 2.24) is 4.90 Å². The van der Waals surface area contributed by atoms with Gasteiger partial charge in [-0.3, -0.25) is 4.79 Å². The Morgan fingerprint density at radius 2 is 2.00 bits per heavy atom. The zero-order chi connectivity index (χ0) is 12.8. The molecule has 1 aliphatic rings. The van der Waals surface area contributed by atoms with Crippen molar-refractivity contribution < 1.29 is 4.79 Å². The molecule has 3 atom stereocenters. The van der Waals surface area contributed by atoms with Crippen LogP contribution in [0.1, 0.15) is 46.5 Å². The summed E-state index contributed by atoms with van der Waals surface area (Å²) < 4.78 is 0. The van der Waals surface area contributed by atoms with Gasteiger partial charge in [-0.1, -0.05) is 19.1 Å². The van der Waals surface area contributed by atoms with E-state index in [4.69, 9.17) is 0 Å². The van der Waals surface area contributed by atoms with Crippen molar-refractivity contribution in [3.8, 4) is 0 Å². The first-order valence-corrected chi connectivity index (χ1v) is 6.71. The summed E-state index contributed by atoms with van der Waals surface area (Å²) in [6.45, 7) is 10.2. The molecule has 17 heavy (non-hydrogen) atoms. The lowest BCUT2D eigenvalue weighted by atomic mass is 10.0. The fourth-order valence-electron chi connectivity index (χ4n) is 2.53. The molecule has 1 unspecified atom stereocenters. The molecule has 0 radical (unpaired) electrons.